The molecule has 6 nitrogen and oxygen atoms in total. The minimum Gasteiger partial charge on any atom is -0.355 e. The molecule has 1 aromatic carbocycles. The van der Waals surface area contributed by atoms with Gasteiger partial charge in [0.1, 0.15) is 0 Å². The van der Waals surface area contributed by atoms with Crippen molar-refractivity contribution in [2.75, 3.05) is 46.3 Å². The maximum absolute atomic E-state index is 12.4. The van der Waals surface area contributed by atoms with Crippen molar-refractivity contribution in [1.29, 1.82) is 0 Å². The van der Waals surface area contributed by atoms with Crippen LogP contribution in [0.25, 0.3) is 0 Å². The highest BCUT2D eigenvalue weighted by molar-refractivity contribution is 5.85. The average molecular weight is 361 g/mol. The Bertz CT molecular complexity index is 558. The van der Waals surface area contributed by atoms with Crippen molar-refractivity contribution in [1.82, 2.24) is 20.4 Å². The lowest BCUT2D eigenvalue weighted by atomic mass is 10.1. The first kappa shape index (κ1) is 20.4. The number of hydrogen-bond acceptors (Lipinski definition) is 4. The highest BCUT2D eigenvalue weighted by Gasteiger charge is 2.20. The Balaban J connectivity index is 1.86. The topological polar surface area (TPSA) is 64.7 Å². The number of nitrogens with one attached hydrogen (secondary N) is 2. The van der Waals surface area contributed by atoms with Crippen LogP contribution in [0.2, 0.25) is 0 Å². The summed E-state index contributed by atoms with van der Waals surface area (Å²) in [5.41, 5.74) is 1.19. The second-order valence-corrected chi connectivity index (χ2v) is 6.95. The smallest absolute Gasteiger partial charge is 0.239 e. The zero-order valence-electron chi connectivity index (χ0n) is 16.0. The minimum atomic E-state index is -0.112. The molecule has 1 fully saturated rings. The maximum Gasteiger partial charge on any atom is 0.239 e. The molecule has 2 rings (SSSR count). The van der Waals surface area contributed by atoms with E-state index in [0.717, 1.165) is 26.1 Å². The zero-order chi connectivity index (χ0) is 18.8. The molecule has 1 atom stereocenters. The second-order valence-electron chi connectivity index (χ2n) is 6.95. The summed E-state index contributed by atoms with van der Waals surface area (Å²) in [5, 5.41) is 6.19. The van der Waals surface area contributed by atoms with Gasteiger partial charge in [-0.3, -0.25) is 9.59 Å². The van der Waals surface area contributed by atoms with Crippen molar-refractivity contribution in [2.24, 2.45) is 0 Å². The van der Waals surface area contributed by atoms with Crippen LogP contribution < -0.4 is 10.6 Å². The molecule has 0 bridgehead atoms. The second kappa shape index (κ2) is 10.9. The van der Waals surface area contributed by atoms with E-state index >= 15 is 0 Å². The molecule has 0 radical (unpaired) electrons. The molecule has 1 aliphatic rings. The lowest BCUT2D eigenvalue weighted by Gasteiger charge is -2.26. The highest BCUT2D eigenvalue weighted by atomic mass is 16.2. The Morgan fingerprint density at radius 3 is 2.54 bits per heavy atom. The third kappa shape index (κ3) is 6.77. The molecule has 2 N–H and O–H groups in total. The summed E-state index contributed by atoms with van der Waals surface area (Å²) >= 11 is 0. The quantitative estimate of drug-likeness (QED) is 0.662. The number of amides is 2. The van der Waals surface area contributed by atoms with Crippen molar-refractivity contribution in [3.63, 3.8) is 0 Å². The first-order valence-corrected chi connectivity index (χ1v) is 9.61. The molecule has 144 valence electrons. The van der Waals surface area contributed by atoms with Gasteiger partial charge in [0.05, 0.1) is 13.1 Å². The number of benzene rings is 1. The van der Waals surface area contributed by atoms with Crippen LogP contribution >= 0.6 is 0 Å². The third-order valence-electron chi connectivity index (χ3n) is 4.72. The van der Waals surface area contributed by atoms with E-state index in [4.69, 9.17) is 0 Å². The van der Waals surface area contributed by atoms with Crippen LogP contribution in [0.3, 0.4) is 0 Å². The Labute approximate surface area is 156 Å². The predicted molar refractivity (Wildman–Crippen MR) is 104 cm³/mol. The molecule has 1 aromatic rings. The number of likely N-dealkylation sites (N-methyl/N-ethyl adjacent to an activating group) is 1. The van der Waals surface area contributed by atoms with Crippen LogP contribution in [0.1, 0.15) is 37.8 Å². The number of carbonyl (C=O) groups is 2. The Morgan fingerprint density at radius 1 is 1.19 bits per heavy atom. The summed E-state index contributed by atoms with van der Waals surface area (Å²) in [6, 6.07) is 10.4. The molecular formula is C20H32N4O2. The van der Waals surface area contributed by atoms with Gasteiger partial charge in [-0.15, -0.1) is 0 Å². The van der Waals surface area contributed by atoms with Crippen molar-refractivity contribution < 1.29 is 9.59 Å². The fourth-order valence-electron chi connectivity index (χ4n) is 3.17. The molecule has 0 aliphatic carbocycles. The molecule has 0 unspecified atom stereocenters. The van der Waals surface area contributed by atoms with E-state index in [1.165, 1.54) is 23.3 Å². The van der Waals surface area contributed by atoms with E-state index in [2.05, 4.69) is 27.7 Å². The molecule has 1 heterocycles. The summed E-state index contributed by atoms with van der Waals surface area (Å²) in [7, 11) is 1.67. The molecule has 6 heteroatoms. The number of hydrogen-bond donors (Lipinski definition) is 2. The van der Waals surface area contributed by atoms with Gasteiger partial charge in [0.25, 0.3) is 0 Å². The predicted octanol–water partition coefficient (Wildman–Crippen LogP) is 1.40. The molecule has 0 spiro atoms. The van der Waals surface area contributed by atoms with Gasteiger partial charge in [0.2, 0.25) is 11.8 Å². The van der Waals surface area contributed by atoms with Gasteiger partial charge in [-0.2, -0.15) is 0 Å². The number of likely N-dealkylation sites (tertiary alicyclic amines) is 1. The van der Waals surface area contributed by atoms with E-state index in [9.17, 15) is 9.59 Å². The van der Waals surface area contributed by atoms with Crippen molar-refractivity contribution in [3.05, 3.63) is 35.9 Å². The molecule has 2 amide bonds. The van der Waals surface area contributed by atoms with Gasteiger partial charge in [-0.25, -0.2) is 0 Å². The first-order valence-electron chi connectivity index (χ1n) is 9.61. The molecule has 0 saturated carbocycles. The van der Waals surface area contributed by atoms with E-state index in [1.807, 2.05) is 25.1 Å². The average Bonchev–Trinajstić information content (AvgIpc) is 3.17. The van der Waals surface area contributed by atoms with Crippen LogP contribution in [-0.2, 0) is 9.59 Å². The van der Waals surface area contributed by atoms with Crippen LogP contribution in [-0.4, -0.2) is 67.9 Å². The fraction of sp³-hybridized carbons (Fsp3) is 0.600. The third-order valence-corrected chi connectivity index (χ3v) is 4.72. The Morgan fingerprint density at radius 2 is 1.88 bits per heavy atom. The zero-order valence-corrected chi connectivity index (χ0v) is 16.0. The lowest BCUT2D eigenvalue weighted by molar-refractivity contribution is -0.134. The lowest BCUT2D eigenvalue weighted by Crippen LogP contribution is -2.44. The number of carbonyl (C=O) groups excluding carboxylic acids is 2. The van der Waals surface area contributed by atoms with Gasteiger partial charge in [-0.05, 0) is 37.9 Å². The van der Waals surface area contributed by atoms with E-state index in [0.29, 0.717) is 6.54 Å². The van der Waals surface area contributed by atoms with Gasteiger partial charge in [0.15, 0.2) is 0 Å². The monoisotopic (exact) mass is 360 g/mol. The van der Waals surface area contributed by atoms with Gasteiger partial charge < -0.3 is 20.4 Å². The highest BCUT2D eigenvalue weighted by Crippen LogP contribution is 2.17. The van der Waals surface area contributed by atoms with Crippen molar-refractivity contribution >= 4 is 11.8 Å². The standard InChI is InChI=1S/C20H32N4O2/c1-3-11-21-19(25)16-23(2)20(26)14-22-18(15-24-12-7-8-13-24)17-9-5-4-6-10-17/h4-6,9-10,18,22H,3,7-8,11-16H2,1-2H3,(H,21,25)/t18-/m1/s1. The molecular weight excluding hydrogens is 328 g/mol. The van der Waals surface area contributed by atoms with Crippen molar-refractivity contribution in [2.45, 2.75) is 32.2 Å². The fourth-order valence-corrected chi connectivity index (χ4v) is 3.17. The van der Waals surface area contributed by atoms with E-state index < -0.39 is 0 Å². The van der Waals surface area contributed by atoms with Crippen LogP contribution in [0.5, 0.6) is 0 Å². The van der Waals surface area contributed by atoms with Gasteiger partial charge in [0, 0.05) is 26.2 Å². The Hall–Kier alpha value is -1.92. The van der Waals surface area contributed by atoms with E-state index in [-0.39, 0.29) is 30.9 Å². The molecule has 26 heavy (non-hydrogen) atoms. The SMILES string of the molecule is CCCNC(=O)CN(C)C(=O)CN[C@H](CN1CCCC1)c1ccccc1. The first-order chi connectivity index (χ1) is 12.6. The number of rotatable bonds is 10. The van der Waals surface area contributed by atoms with Crippen LogP contribution in [0.15, 0.2) is 30.3 Å². The van der Waals surface area contributed by atoms with Gasteiger partial charge >= 0.3 is 0 Å². The minimum absolute atomic E-state index is 0.0704. The van der Waals surface area contributed by atoms with E-state index in [1.54, 1.807) is 7.05 Å². The summed E-state index contributed by atoms with van der Waals surface area (Å²) < 4.78 is 0. The maximum atomic E-state index is 12.4. The number of nitrogens with zero attached hydrogens (tertiary/aromatic N) is 2. The largest absolute Gasteiger partial charge is 0.355 e. The summed E-state index contributed by atoms with van der Waals surface area (Å²) in [6.45, 7) is 6.12. The molecule has 1 aliphatic heterocycles. The summed E-state index contributed by atoms with van der Waals surface area (Å²) in [6.07, 6.45) is 3.38. The summed E-state index contributed by atoms with van der Waals surface area (Å²) in [4.78, 5) is 28.1. The van der Waals surface area contributed by atoms with Crippen LogP contribution in [0, 0.1) is 0 Å². The van der Waals surface area contributed by atoms with Crippen molar-refractivity contribution in [3.8, 4) is 0 Å². The van der Waals surface area contributed by atoms with Crippen LogP contribution in [0.4, 0.5) is 0 Å². The molecule has 1 saturated heterocycles. The Kier molecular flexibility index (Phi) is 8.58. The summed E-state index contributed by atoms with van der Waals surface area (Å²) in [5.74, 6) is -0.182. The normalized spacial score (nSPS) is 15.6. The molecule has 0 aromatic heterocycles. The van der Waals surface area contributed by atoms with Gasteiger partial charge in [-0.1, -0.05) is 37.3 Å².